The molecule has 1 atom stereocenters. The first-order chi connectivity index (χ1) is 22.5. The number of aryl methyl sites for hydroxylation is 4. The molecule has 47 heavy (non-hydrogen) atoms. The summed E-state index contributed by atoms with van der Waals surface area (Å²) in [6.07, 6.45) is 11.9. The van der Waals surface area contributed by atoms with E-state index in [1.807, 2.05) is 0 Å². The topological polar surface area (TPSA) is 7.76 Å². The highest BCUT2D eigenvalue weighted by Gasteiger charge is 2.50. The third-order valence-electron chi connectivity index (χ3n) is 11.9. The second kappa shape index (κ2) is 11.7. The fraction of sp³-hybridized carbons (Fsp3) is 0.409. The molecule has 1 unspecified atom stereocenters. The lowest BCUT2D eigenvalue weighted by Gasteiger charge is -2.36. The highest BCUT2D eigenvalue weighted by Crippen LogP contribution is 2.54. The summed E-state index contributed by atoms with van der Waals surface area (Å²) < 4.78 is 21.4. The number of halogens is 1. The molecule has 0 amide bonds. The monoisotopic (exact) mass is 626 g/mol. The molecule has 5 aromatic rings. The molecule has 0 N–H and O–H groups in total. The van der Waals surface area contributed by atoms with Crippen LogP contribution in [-0.2, 0) is 30.8 Å². The molecule has 1 aliphatic carbocycles. The van der Waals surface area contributed by atoms with Crippen molar-refractivity contribution in [1.82, 2.24) is 0 Å². The molecule has 2 aliphatic rings. The van der Waals surface area contributed by atoms with E-state index in [1.165, 1.54) is 67.5 Å². The van der Waals surface area contributed by atoms with Gasteiger partial charge < -0.3 is 0 Å². The van der Waals surface area contributed by atoms with Crippen LogP contribution in [0.5, 0.6) is 0 Å². The lowest BCUT2D eigenvalue weighted by atomic mass is 9.67. The Bertz CT molecular complexity index is 2030. The maximum atomic E-state index is 16.5. The lowest BCUT2D eigenvalue weighted by Crippen LogP contribution is -2.57. The Morgan fingerprint density at radius 3 is 2.38 bits per heavy atom. The van der Waals surface area contributed by atoms with Crippen LogP contribution in [-0.4, -0.2) is 0 Å². The van der Waals surface area contributed by atoms with Gasteiger partial charge in [0.05, 0.1) is 10.9 Å². The smallest absolute Gasteiger partial charge is 0.207 e. The van der Waals surface area contributed by atoms with E-state index in [0.717, 1.165) is 49.7 Å². The summed E-state index contributed by atoms with van der Waals surface area (Å²) >= 11 is 0. The highest BCUT2D eigenvalue weighted by atomic mass is 19.1. The molecular formula is C44H51FN2+2. The number of pyridine rings is 2. The molecule has 1 aliphatic heterocycles. The number of aromatic nitrogens is 2. The van der Waals surface area contributed by atoms with Crippen LogP contribution < -0.4 is 9.13 Å². The number of hydrogen-bond acceptors (Lipinski definition) is 0. The summed E-state index contributed by atoms with van der Waals surface area (Å²) in [5.41, 5.74) is 13.1. The summed E-state index contributed by atoms with van der Waals surface area (Å²) in [6.45, 7) is 15.8. The van der Waals surface area contributed by atoms with Gasteiger partial charge in [-0.15, -0.1) is 0 Å². The van der Waals surface area contributed by atoms with Gasteiger partial charge in [0.15, 0.2) is 17.9 Å². The number of unbranched alkanes of at least 4 members (excludes halogenated alkanes) is 1. The van der Waals surface area contributed by atoms with Gasteiger partial charge in [0.25, 0.3) is 0 Å². The second-order valence-corrected chi connectivity index (χ2v) is 15.2. The molecular weight excluding hydrogens is 575 g/mol. The maximum Gasteiger partial charge on any atom is 0.221 e. The van der Waals surface area contributed by atoms with Gasteiger partial charge in [-0.1, -0.05) is 76.9 Å². The van der Waals surface area contributed by atoms with Crippen LogP contribution in [0.4, 0.5) is 4.39 Å². The fourth-order valence-corrected chi connectivity index (χ4v) is 9.11. The SMILES string of the molecule is CCCCc1cc2c3c4[n+](ccc3c1)C(CC)(CC)CC(Cc1ccc(C)cc1-c1cc(C)cc[n+]1C)c1ccc(F)c(c1-4)C2(C)C. The van der Waals surface area contributed by atoms with Gasteiger partial charge >= 0.3 is 0 Å². The Kier molecular flexibility index (Phi) is 7.89. The van der Waals surface area contributed by atoms with E-state index in [-0.39, 0.29) is 17.3 Å². The van der Waals surface area contributed by atoms with Crippen LogP contribution in [0.15, 0.2) is 73.1 Å². The minimum Gasteiger partial charge on any atom is -0.207 e. The van der Waals surface area contributed by atoms with E-state index in [2.05, 4.69) is 132 Å². The van der Waals surface area contributed by atoms with Crippen molar-refractivity contribution in [2.24, 2.45) is 7.05 Å². The van der Waals surface area contributed by atoms with Gasteiger partial charge in [-0.2, -0.15) is 4.57 Å². The molecule has 7 rings (SSSR count). The predicted octanol–water partition coefficient (Wildman–Crippen LogP) is 10.3. The van der Waals surface area contributed by atoms with Crippen molar-refractivity contribution in [3.8, 4) is 22.5 Å². The van der Waals surface area contributed by atoms with E-state index in [9.17, 15) is 0 Å². The molecule has 242 valence electrons. The summed E-state index contributed by atoms with van der Waals surface area (Å²) in [6, 6.07) is 22.6. The van der Waals surface area contributed by atoms with Gasteiger partial charge in [-0.05, 0) is 84.4 Å². The molecule has 3 heterocycles. The van der Waals surface area contributed by atoms with Crippen LogP contribution >= 0.6 is 0 Å². The standard InChI is InChI=1S/C44H51FN2/c1-9-12-13-30-24-32-19-21-47-42-39(32)36(25-30)43(6,7)41-37(45)17-16-34(40(41)42)33(27-44(47,10-2)11-3)26-31-15-14-28(4)22-35(31)38-23-29(5)18-20-46(38)8/h14-25,33H,9-13,26-27H2,1-8H3/q+2. The van der Waals surface area contributed by atoms with Crippen LogP contribution in [0.2, 0.25) is 0 Å². The minimum atomic E-state index is -0.456. The van der Waals surface area contributed by atoms with Crippen LogP contribution in [0.25, 0.3) is 33.3 Å². The van der Waals surface area contributed by atoms with Gasteiger partial charge in [-0.25, -0.2) is 8.96 Å². The van der Waals surface area contributed by atoms with Crippen LogP contribution in [0.1, 0.15) is 112 Å². The molecule has 0 radical (unpaired) electrons. The van der Waals surface area contributed by atoms with Crippen molar-refractivity contribution in [3.63, 3.8) is 0 Å². The zero-order valence-corrected chi connectivity index (χ0v) is 29.7. The molecule has 2 aromatic heterocycles. The van der Waals surface area contributed by atoms with Crippen molar-refractivity contribution < 1.29 is 13.5 Å². The number of benzene rings is 3. The molecule has 2 nitrogen and oxygen atoms in total. The summed E-state index contributed by atoms with van der Waals surface area (Å²) in [5, 5.41) is 2.62. The summed E-state index contributed by atoms with van der Waals surface area (Å²) in [4.78, 5) is 0. The van der Waals surface area contributed by atoms with Crippen LogP contribution in [0.3, 0.4) is 0 Å². The number of hydrogen-bond donors (Lipinski definition) is 0. The van der Waals surface area contributed by atoms with Gasteiger partial charge in [-0.3, -0.25) is 0 Å². The molecule has 3 aromatic carbocycles. The lowest BCUT2D eigenvalue weighted by molar-refractivity contribution is -0.756. The molecule has 0 spiro atoms. The van der Waals surface area contributed by atoms with E-state index in [1.54, 1.807) is 6.07 Å². The molecule has 0 fully saturated rings. The first kappa shape index (κ1) is 31.7. The van der Waals surface area contributed by atoms with E-state index < -0.39 is 5.41 Å². The Morgan fingerprint density at radius 1 is 0.872 bits per heavy atom. The zero-order chi connectivity index (χ0) is 33.2. The largest absolute Gasteiger partial charge is 0.221 e. The number of nitrogens with zero attached hydrogens (tertiary/aromatic N) is 2. The quantitative estimate of drug-likeness (QED) is 0.151. The van der Waals surface area contributed by atoms with Crippen molar-refractivity contribution in [2.45, 2.75) is 110 Å². The first-order valence-electron chi connectivity index (χ1n) is 17.9. The Morgan fingerprint density at radius 2 is 1.64 bits per heavy atom. The summed E-state index contributed by atoms with van der Waals surface area (Å²) in [5.74, 6) is 0.154. The maximum absolute atomic E-state index is 16.5. The molecule has 0 saturated heterocycles. The average molecular weight is 627 g/mol. The predicted molar refractivity (Wildman–Crippen MR) is 192 cm³/mol. The molecule has 0 bridgehead atoms. The Labute approximate surface area is 281 Å². The normalized spacial score (nSPS) is 17.2. The van der Waals surface area contributed by atoms with E-state index in [0.29, 0.717) is 0 Å². The zero-order valence-electron chi connectivity index (χ0n) is 29.7. The van der Waals surface area contributed by atoms with E-state index >= 15 is 4.39 Å². The van der Waals surface area contributed by atoms with Crippen molar-refractivity contribution in [2.75, 3.05) is 0 Å². The van der Waals surface area contributed by atoms with Crippen molar-refractivity contribution >= 4 is 10.8 Å². The van der Waals surface area contributed by atoms with Gasteiger partial charge in [0.1, 0.15) is 12.9 Å². The Balaban J connectivity index is 1.51. The first-order valence-corrected chi connectivity index (χ1v) is 17.9. The summed E-state index contributed by atoms with van der Waals surface area (Å²) in [7, 11) is 2.15. The van der Waals surface area contributed by atoms with Crippen LogP contribution in [0, 0.1) is 19.7 Å². The molecule has 3 heteroatoms. The van der Waals surface area contributed by atoms with Crippen molar-refractivity contribution in [1.29, 1.82) is 0 Å². The van der Waals surface area contributed by atoms with E-state index in [4.69, 9.17) is 0 Å². The van der Waals surface area contributed by atoms with Crippen molar-refractivity contribution in [3.05, 3.63) is 118 Å². The Hall–Kier alpha value is -3.85. The van der Waals surface area contributed by atoms with Gasteiger partial charge in [0, 0.05) is 54.0 Å². The molecule has 0 saturated carbocycles. The average Bonchev–Trinajstić information content (AvgIpc) is 3.17. The third kappa shape index (κ3) is 4.95. The highest BCUT2D eigenvalue weighted by molar-refractivity contribution is 6.01. The fourth-order valence-electron chi connectivity index (χ4n) is 9.11. The number of rotatable bonds is 8. The second-order valence-electron chi connectivity index (χ2n) is 15.2. The van der Waals surface area contributed by atoms with Gasteiger partial charge in [0.2, 0.25) is 11.4 Å². The third-order valence-corrected chi connectivity index (χ3v) is 11.9. The minimum absolute atomic E-state index is 0.0797.